The molecule has 4 heteroatoms. The summed E-state index contributed by atoms with van der Waals surface area (Å²) in [4.78, 5) is 11.7. The van der Waals surface area contributed by atoms with Crippen LogP contribution in [0.25, 0.3) is 0 Å². The molecule has 0 heterocycles. The van der Waals surface area contributed by atoms with E-state index in [2.05, 4.69) is 12.2 Å². The van der Waals surface area contributed by atoms with E-state index >= 15 is 0 Å². The zero-order valence-electron chi connectivity index (χ0n) is 9.16. The molecule has 16 heavy (non-hydrogen) atoms. The van der Waals surface area contributed by atoms with Crippen LogP contribution in [0.4, 0.5) is 10.1 Å². The van der Waals surface area contributed by atoms with Crippen molar-refractivity contribution in [1.82, 2.24) is 5.32 Å². The van der Waals surface area contributed by atoms with Crippen molar-refractivity contribution in [2.75, 3.05) is 12.3 Å². The minimum atomic E-state index is -0.445. The molecule has 1 aromatic rings. The molecule has 1 aromatic carbocycles. The van der Waals surface area contributed by atoms with Crippen LogP contribution >= 0.6 is 0 Å². The highest BCUT2D eigenvalue weighted by atomic mass is 19.1. The smallest absolute Gasteiger partial charge is 0.253 e. The molecule has 1 aliphatic rings. The third kappa shape index (κ3) is 2.32. The number of carbonyl (C=O) groups excluding carboxylic acids is 1. The number of carbonyl (C=O) groups is 1. The Morgan fingerprint density at radius 2 is 2.31 bits per heavy atom. The molecule has 0 radical (unpaired) electrons. The van der Waals surface area contributed by atoms with E-state index < -0.39 is 5.82 Å². The zero-order chi connectivity index (χ0) is 11.7. The van der Waals surface area contributed by atoms with Gasteiger partial charge in [-0.25, -0.2) is 4.39 Å². The average molecular weight is 222 g/mol. The zero-order valence-corrected chi connectivity index (χ0v) is 9.16. The summed E-state index contributed by atoms with van der Waals surface area (Å²) in [5, 5.41) is 2.77. The van der Waals surface area contributed by atoms with E-state index in [9.17, 15) is 9.18 Å². The molecule has 0 spiro atoms. The van der Waals surface area contributed by atoms with Gasteiger partial charge in [-0.2, -0.15) is 0 Å². The average Bonchev–Trinajstić information content (AvgIpc) is 2.95. The second-order valence-corrected chi connectivity index (χ2v) is 4.41. The summed E-state index contributed by atoms with van der Waals surface area (Å²) in [5.41, 5.74) is 6.14. The van der Waals surface area contributed by atoms with Crippen LogP contribution < -0.4 is 11.1 Å². The quantitative estimate of drug-likeness (QED) is 0.766. The second-order valence-electron chi connectivity index (χ2n) is 4.41. The third-order valence-corrected chi connectivity index (χ3v) is 3.06. The number of nitrogens with one attached hydrogen (secondary N) is 1. The molecule has 0 aliphatic heterocycles. The molecule has 0 saturated heterocycles. The molecule has 1 amide bonds. The van der Waals surface area contributed by atoms with Gasteiger partial charge in [0.25, 0.3) is 5.91 Å². The van der Waals surface area contributed by atoms with Crippen LogP contribution in [0.1, 0.15) is 23.7 Å². The van der Waals surface area contributed by atoms with Crippen molar-refractivity contribution in [3.63, 3.8) is 0 Å². The van der Waals surface area contributed by atoms with Crippen LogP contribution in [0.15, 0.2) is 18.2 Å². The number of anilines is 1. The van der Waals surface area contributed by atoms with Gasteiger partial charge in [0.15, 0.2) is 0 Å². The Bertz CT molecular complexity index is 419. The van der Waals surface area contributed by atoms with Crippen molar-refractivity contribution < 1.29 is 9.18 Å². The molecule has 0 bridgehead atoms. The van der Waals surface area contributed by atoms with E-state index in [0.29, 0.717) is 24.1 Å². The molecular formula is C12H15FN2O. The fourth-order valence-electron chi connectivity index (χ4n) is 1.73. The first-order valence-corrected chi connectivity index (χ1v) is 5.41. The second kappa shape index (κ2) is 4.12. The summed E-state index contributed by atoms with van der Waals surface area (Å²) in [6.45, 7) is 2.79. The number of halogens is 1. The number of nitrogen functional groups attached to an aromatic ring is 1. The van der Waals surface area contributed by atoms with Gasteiger partial charge in [0, 0.05) is 12.2 Å². The van der Waals surface area contributed by atoms with E-state index in [4.69, 9.17) is 5.73 Å². The first-order valence-electron chi connectivity index (χ1n) is 5.41. The number of hydrogen-bond donors (Lipinski definition) is 2. The summed E-state index contributed by atoms with van der Waals surface area (Å²) in [6.07, 6.45) is 1.15. The summed E-state index contributed by atoms with van der Waals surface area (Å²) in [6, 6.07) is 3.82. The molecule has 1 aliphatic carbocycles. The maximum absolute atomic E-state index is 12.9. The Morgan fingerprint density at radius 3 is 2.94 bits per heavy atom. The number of amides is 1. The van der Waals surface area contributed by atoms with E-state index in [0.717, 1.165) is 6.42 Å². The van der Waals surface area contributed by atoms with Gasteiger partial charge in [-0.15, -0.1) is 0 Å². The van der Waals surface area contributed by atoms with Gasteiger partial charge in [-0.3, -0.25) is 4.79 Å². The predicted molar refractivity (Wildman–Crippen MR) is 60.4 cm³/mol. The van der Waals surface area contributed by atoms with Crippen LogP contribution in [-0.2, 0) is 0 Å². The molecule has 1 fully saturated rings. The van der Waals surface area contributed by atoms with Gasteiger partial charge < -0.3 is 11.1 Å². The normalized spacial score (nSPS) is 22.9. The summed E-state index contributed by atoms with van der Waals surface area (Å²) in [7, 11) is 0. The Kier molecular flexibility index (Phi) is 2.81. The standard InChI is InChI=1S/C12H15FN2O/c1-7-4-8(7)6-15-12(16)10-5-9(13)2-3-11(10)14/h2-3,5,7-8H,4,6,14H2,1H3,(H,15,16). The largest absolute Gasteiger partial charge is 0.398 e. The lowest BCUT2D eigenvalue weighted by Crippen LogP contribution is -2.26. The van der Waals surface area contributed by atoms with Crippen LogP contribution in [0, 0.1) is 17.7 Å². The van der Waals surface area contributed by atoms with Gasteiger partial charge in [-0.05, 0) is 36.5 Å². The molecule has 2 rings (SSSR count). The highest BCUT2D eigenvalue weighted by Gasteiger charge is 2.32. The van der Waals surface area contributed by atoms with Crippen molar-refractivity contribution in [1.29, 1.82) is 0 Å². The van der Waals surface area contributed by atoms with Crippen LogP contribution in [0.2, 0.25) is 0 Å². The topological polar surface area (TPSA) is 55.1 Å². The van der Waals surface area contributed by atoms with Gasteiger partial charge in [0.2, 0.25) is 0 Å². The molecule has 3 nitrogen and oxygen atoms in total. The lowest BCUT2D eigenvalue weighted by Gasteiger charge is -2.07. The highest BCUT2D eigenvalue weighted by molar-refractivity contribution is 5.99. The lowest BCUT2D eigenvalue weighted by molar-refractivity contribution is 0.0952. The molecule has 2 atom stereocenters. The first-order chi connectivity index (χ1) is 7.58. The monoisotopic (exact) mass is 222 g/mol. The van der Waals surface area contributed by atoms with E-state index in [1.165, 1.54) is 18.2 Å². The van der Waals surface area contributed by atoms with Gasteiger partial charge in [0.1, 0.15) is 5.82 Å². The van der Waals surface area contributed by atoms with Crippen molar-refractivity contribution >= 4 is 11.6 Å². The molecule has 86 valence electrons. The fraction of sp³-hybridized carbons (Fsp3) is 0.417. The van der Waals surface area contributed by atoms with Crippen molar-refractivity contribution in [3.05, 3.63) is 29.6 Å². The van der Waals surface area contributed by atoms with E-state index in [1.54, 1.807) is 0 Å². The maximum Gasteiger partial charge on any atom is 0.253 e. The molecule has 3 N–H and O–H groups in total. The minimum absolute atomic E-state index is 0.216. The maximum atomic E-state index is 12.9. The molecule has 0 aromatic heterocycles. The lowest BCUT2D eigenvalue weighted by atomic mass is 10.1. The Balaban J connectivity index is 1.99. The number of rotatable bonds is 3. The Morgan fingerprint density at radius 1 is 1.62 bits per heavy atom. The van der Waals surface area contributed by atoms with Gasteiger partial charge >= 0.3 is 0 Å². The molecule has 1 saturated carbocycles. The summed E-state index contributed by atoms with van der Waals surface area (Å²) >= 11 is 0. The number of hydrogen-bond acceptors (Lipinski definition) is 2. The SMILES string of the molecule is CC1CC1CNC(=O)c1cc(F)ccc1N. The van der Waals surface area contributed by atoms with Crippen molar-refractivity contribution in [2.24, 2.45) is 11.8 Å². The third-order valence-electron chi connectivity index (χ3n) is 3.06. The number of nitrogens with two attached hydrogens (primary N) is 1. The highest BCUT2D eigenvalue weighted by Crippen LogP contribution is 2.36. The minimum Gasteiger partial charge on any atom is -0.398 e. The Labute approximate surface area is 93.8 Å². The predicted octanol–water partition coefficient (Wildman–Crippen LogP) is 1.79. The fourth-order valence-corrected chi connectivity index (χ4v) is 1.73. The molecular weight excluding hydrogens is 207 g/mol. The van der Waals surface area contributed by atoms with Crippen molar-refractivity contribution in [2.45, 2.75) is 13.3 Å². The van der Waals surface area contributed by atoms with Gasteiger partial charge in [-0.1, -0.05) is 6.92 Å². The van der Waals surface area contributed by atoms with Crippen LogP contribution in [-0.4, -0.2) is 12.5 Å². The van der Waals surface area contributed by atoms with E-state index in [1.807, 2.05) is 0 Å². The summed E-state index contributed by atoms with van der Waals surface area (Å²) < 4.78 is 12.9. The molecule has 2 unspecified atom stereocenters. The van der Waals surface area contributed by atoms with Crippen LogP contribution in [0.3, 0.4) is 0 Å². The van der Waals surface area contributed by atoms with Gasteiger partial charge in [0.05, 0.1) is 5.56 Å². The summed E-state index contributed by atoms with van der Waals surface area (Å²) in [5.74, 6) is 0.513. The Hall–Kier alpha value is -1.58. The first kappa shape index (κ1) is 10.9. The van der Waals surface area contributed by atoms with E-state index in [-0.39, 0.29) is 11.5 Å². The van der Waals surface area contributed by atoms with Crippen LogP contribution in [0.5, 0.6) is 0 Å². The van der Waals surface area contributed by atoms with Crippen molar-refractivity contribution in [3.8, 4) is 0 Å². The number of benzene rings is 1.